The second-order valence-electron chi connectivity index (χ2n) is 17.2. The number of esters is 3. The van der Waals surface area contributed by atoms with Crippen LogP contribution in [0.3, 0.4) is 0 Å². The van der Waals surface area contributed by atoms with Crippen molar-refractivity contribution in [1.29, 1.82) is 0 Å². The van der Waals surface area contributed by atoms with E-state index in [9.17, 15) is 44.4 Å². The van der Waals surface area contributed by atoms with Gasteiger partial charge in [-0.15, -0.1) is 0 Å². The van der Waals surface area contributed by atoms with E-state index in [0.29, 0.717) is 24.8 Å². The number of amides is 1. The van der Waals surface area contributed by atoms with Crippen LogP contribution in [0.15, 0.2) is 41.5 Å². The van der Waals surface area contributed by atoms with Crippen LogP contribution in [0.25, 0.3) is 0 Å². The Kier molecular flexibility index (Phi) is 11.9. The lowest BCUT2D eigenvalue weighted by Crippen LogP contribution is -2.81. The van der Waals surface area contributed by atoms with E-state index in [0.717, 1.165) is 25.7 Å². The molecule has 56 heavy (non-hydrogen) atoms. The van der Waals surface area contributed by atoms with Crippen molar-refractivity contribution >= 4 is 29.6 Å². The molecule has 1 aromatic carbocycles. The number of carbonyl (C=O) groups excluding carboxylic acids is 5. The summed E-state index contributed by atoms with van der Waals surface area (Å²) in [5.74, 6) is -5.22. The maximum atomic E-state index is 14.9. The number of carbonyl (C=O) groups is 5. The molecule has 2 heterocycles. The molecule has 0 aromatic heterocycles. The summed E-state index contributed by atoms with van der Waals surface area (Å²) in [5.41, 5.74) is -6.75. The van der Waals surface area contributed by atoms with E-state index >= 15 is 0 Å². The highest BCUT2D eigenvalue weighted by atomic mass is 16.6. The Bertz CT molecular complexity index is 1730. The van der Waals surface area contributed by atoms with Gasteiger partial charge in [0.1, 0.15) is 30.0 Å². The lowest BCUT2D eigenvalue weighted by atomic mass is 9.44. The van der Waals surface area contributed by atoms with Crippen LogP contribution in [0.2, 0.25) is 0 Å². The van der Waals surface area contributed by atoms with Gasteiger partial charge in [0.2, 0.25) is 5.91 Å². The minimum atomic E-state index is -2.25. The summed E-state index contributed by atoms with van der Waals surface area (Å²) in [6, 6.07) is 7.28. The average Bonchev–Trinajstić information content (AvgIpc) is 3.14. The molecule has 0 radical (unpaired) electrons. The molecule has 5 aliphatic rings. The Labute approximate surface area is 327 Å². The van der Waals surface area contributed by atoms with E-state index in [1.54, 1.807) is 51.1 Å². The standard InChI is InChI=1S/C42H57NO13/c1-23-26-21-42(52)37(35-40(5,36(50)33(48)31(23)39(42,3)4)27(45)20-28-41(35,22-53-28)56-24(2)44)55-30(47)19-15-10-8-6-7-9-14-18-29(46)43-32(34(49)38(51)54-26)25-16-12-11-13-17-25/h11-13,16-17,26-28,32-35,37,45,48-49,52H,6-10,14-15,18-22H2,1-5H3,(H,43,46)/t26-,27-,28-,32-,33-,34-,35-,37-,40+,41-,42+/m0/s1. The highest BCUT2D eigenvalue weighted by Gasteiger charge is 2.78. The van der Waals surface area contributed by atoms with Crippen LogP contribution in [0, 0.1) is 16.7 Å². The van der Waals surface area contributed by atoms with E-state index in [1.165, 1.54) is 13.8 Å². The zero-order chi connectivity index (χ0) is 40.8. The average molecular weight is 784 g/mol. The van der Waals surface area contributed by atoms with Crippen molar-refractivity contribution in [3.8, 4) is 0 Å². The number of hydrogen-bond donors (Lipinski definition) is 5. The lowest BCUT2D eigenvalue weighted by Gasteiger charge is -2.67. The van der Waals surface area contributed by atoms with Gasteiger partial charge in [0.25, 0.3) is 0 Å². The molecule has 2 saturated heterocycles. The fourth-order valence-electron chi connectivity index (χ4n) is 10.3. The summed E-state index contributed by atoms with van der Waals surface area (Å²) >= 11 is 0. The van der Waals surface area contributed by atoms with Gasteiger partial charge in [0.05, 0.1) is 30.1 Å². The summed E-state index contributed by atoms with van der Waals surface area (Å²) in [4.78, 5) is 68.9. The van der Waals surface area contributed by atoms with Gasteiger partial charge in [-0.25, -0.2) is 4.79 Å². The Morgan fingerprint density at radius 2 is 1.52 bits per heavy atom. The van der Waals surface area contributed by atoms with E-state index < -0.39 is 101 Å². The number of rotatable bonds is 2. The SMILES string of the molecule is CC(=O)O[C@@]12CO[C@H]1C[C@H](O)[C@@]1(C)C(=O)[C@@H](O)C3=C(C)[C@@H]4C[C@@](O)([C@@H](OC(=O)CCCCCCCCCC(=O)N[C@@H](c5ccccc5)[C@H](O)C(=O)O4)[C@H]21)C3(C)C. The maximum Gasteiger partial charge on any atom is 0.338 e. The Morgan fingerprint density at radius 3 is 2.12 bits per heavy atom. The quantitative estimate of drug-likeness (QED) is 0.166. The van der Waals surface area contributed by atoms with Gasteiger partial charge in [0, 0.05) is 38.0 Å². The van der Waals surface area contributed by atoms with E-state index in [4.69, 9.17) is 18.9 Å². The fraction of sp³-hybridized carbons (Fsp3) is 0.690. The molecule has 14 heteroatoms. The molecule has 14 nitrogen and oxygen atoms in total. The summed E-state index contributed by atoms with van der Waals surface area (Å²) in [7, 11) is 0. The number of Topliss-reactive ketones (excluding diaryl/α,β-unsaturated/α-hetero) is 1. The molecule has 3 bridgehead atoms. The van der Waals surface area contributed by atoms with Crippen molar-refractivity contribution < 1.29 is 63.3 Å². The number of aliphatic hydroxyl groups is 4. The van der Waals surface area contributed by atoms with Crippen LogP contribution in [-0.2, 0) is 42.9 Å². The van der Waals surface area contributed by atoms with Crippen LogP contribution in [-0.4, -0.2) is 104 Å². The molecule has 0 spiro atoms. The second kappa shape index (κ2) is 15.9. The third-order valence-corrected chi connectivity index (χ3v) is 13.5. The van der Waals surface area contributed by atoms with Crippen molar-refractivity contribution in [3.05, 3.63) is 47.0 Å². The fourth-order valence-corrected chi connectivity index (χ4v) is 10.3. The van der Waals surface area contributed by atoms with Crippen molar-refractivity contribution in [2.75, 3.05) is 6.61 Å². The summed E-state index contributed by atoms with van der Waals surface area (Å²) < 4.78 is 24.2. The molecule has 2 saturated carbocycles. The summed E-state index contributed by atoms with van der Waals surface area (Å²) in [6.45, 7) is 7.10. The molecule has 6 rings (SSSR count). The first-order chi connectivity index (χ1) is 26.4. The number of ketones is 1. The third kappa shape index (κ3) is 7.09. The zero-order valence-corrected chi connectivity index (χ0v) is 33.0. The third-order valence-electron chi connectivity index (χ3n) is 13.5. The van der Waals surface area contributed by atoms with Gasteiger partial charge in [-0.05, 0) is 43.4 Å². The van der Waals surface area contributed by atoms with Crippen LogP contribution in [0.4, 0.5) is 0 Å². The molecule has 1 aromatic rings. The van der Waals surface area contributed by atoms with Crippen LogP contribution in [0.5, 0.6) is 0 Å². The second-order valence-corrected chi connectivity index (χ2v) is 17.2. The number of hydrogen-bond acceptors (Lipinski definition) is 13. The Morgan fingerprint density at radius 1 is 0.893 bits per heavy atom. The minimum Gasteiger partial charge on any atom is -0.459 e. The molecule has 5 N–H and O–H groups in total. The molecule has 11 atom stereocenters. The van der Waals surface area contributed by atoms with Gasteiger partial charge in [0.15, 0.2) is 17.5 Å². The van der Waals surface area contributed by atoms with Gasteiger partial charge >= 0.3 is 17.9 Å². The lowest BCUT2D eigenvalue weighted by molar-refractivity contribution is -0.347. The number of nitrogens with one attached hydrogen (secondary N) is 1. The number of fused-ring (bicyclic) bond motifs is 6. The molecule has 4 fully saturated rings. The largest absolute Gasteiger partial charge is 0.459 e. The molecular weight excluding hydrogens is 726 g/mol. The number of benzene rings is 1. The van der Waals surface area contributed by atoms with E-state index in [2.05, 4.69) is 5.32 Å². The van der Waals surface area contributed by atoms with Gasteiger partial charge < -0.3 is 44.7 Å². The van der Waals surface area contributed by atoms with Crippen LogP contribution >= 0.6 is 0 Å². The first kappa shape index (κ1) is 41.9. The van der Waals surface area contributed by atoms with Gasteiger partial charge in [-0.1, -0.05) is 76.3 Å². The topological polar surface area (TPSA) is 215 Å². The van der Waals surface area contributed by atoms with E-state index in [-0.39, 0.29) is 42.9 Å². The smallest absolute Gasteiger partial charge is 0.338 e. The highest BCUT2D eigenvalue weighted by molar-refractivity contribution is 5.93. The molecule has 0 unspecified atom stereocenters. The number of ether oxygens (including phenoxy) is 4. The van der Waals surface area contributed by atoms with Gasteiger partial charge in [-0.2, -0.15) is 0 Å². The maximum absolute atomic E-state index is 14.9. The number of aliphatic hydroxyl groups excluding tert-OH is 3. The van der Waals surface area contributed by atoms with Crippen molar-refractivity contribution in [2.24, 2.45) is 16.7 Å². The monoisotopic (exact) mass is 783 g/mol. The van der Waals surface area contributed by atoms with E-state index in [1.807, 2.05) is 0 Å². The first-order valence-electron chi connectivity index (χ1n) is 20.0. The Balaban J connectivity index is 1.50. The molecular formula is C42H57NO13. The molecule has 308 valence electrons. The Hall–Kier alpha value is -3.69. The molecule has 1 amide bonds. The zero-order valence-electron chi connectivity index (χ0n) is 33.0. The summed E-state index contributed by atoms with van der Waals surface area (Å²) in [6.07, 6.45) is -4.70. The van der Waals surface area contributed by atoms with Crippen LogP contribution < -0.4 is 5.32 Å². The van der Waals surface area contributed by atoms with Crippen LogP contribution in [0.1, 0.15) is 117 Å². The molecule has 3 aliphatic carbocycles. The minimum absolute atomic E-state index is 0.00344. The van der Waals surface area contributed by atoms with Gasteiger partial charge in [-0.3, -0.25) is 19.2 Å². The van der Waals surface area contributed by atoms with Crippen molar-refractivity contribution in [1.82, 2.24) is 5.32 Å². The highest BCUT2D eigenvalue weighted by Crippen LogP contribution is 2.64. The normalized spacial score (nSPS) is 39.9. The molecule has 2 aliphatic heterocycles. The summed E-state index contributed by atoms with van der Waals surface area (Å²) in [5, 5.41) is 51.7. The van der Waals surface area contributed by atoms with Crippen molar-refractivity contribution in [3.63, 3.8) is 0 Å². The van der Waals surface area contributed by atoms with Crippen molar-refractivity contribution in [2.45, 2.75) is 159 Å². The first-order valence-corrected chi connectivity index (χ1v) is 20.0. The predicted molar refractivity (Wildman–Crippen MR) is 198 cm³/mol. The predicted octanol–water partition coefficient (Wildman–Crippen LogP) is 3.06.